The van der Waals surface area contributed by atoms with Gasteiger partial charge in [-0.2, -0.15) is 0 Å². The van der Waals surface area contributed by atoms with Crippen LogP contribution < -0.4 is 5.32 Å². The Hall–Kier alpha value is -1.78. The van der Waals surface area contributed by atoms with Gasteiger partial charge in [0.1, 0.15) is 0 Å². The summed E-state index contributed by atoms with van der Waals surface area (Å²) in [6.07, 6.45) is 7.46. The molecular formula is C17H16BrN3. The van der Waals surface area contributed by atoms with Crippen molar-refractivity contribution in [2.45, 2.75) is 13.0 Å². The topological polar surface area (TPSA) is 37.8 Å². The largest absolute Gasteiger partial charge is 0.306 e. The maximum Gasteiger partial charge on any atom is 0.0598 e. The molecule has 1 atom stereocenters. The second kappa shape index (κ2) is 6.33. The van der Waals surface area contributed by atoms with Gasteiger partial charge in [-0.15, -0.1) is 0 Å². The third kappa shape index (κ3) is 2.96. The minimum Gasteiger partial charge on any atom is -0.306 e. The van der Waals surface area contributed by atoms with E-state index in [2.05, 4.69) is 68.5 Å². The van der Waals surface area contributed by atoms with E-state index in [4.69, 9.17) is 0 Å². The molecule has 1 unspecified atom stereocenters. The molecule has 3 aromatic rings. The fourth-order valence-corrected chi connectivity index (χ4v) is 2.98. The van der Waals surface area contributed by atoms with Crippen molar-refractivity contribution in [1.29, 1.82) is 0 Å². The predicted octanol–water partition coefficient (Wildman–Crippen LogP) is 4.09. The molecule has 2 heterocycles. The number of nitrogens with zero attached hydrogens (tertiary/aromatic N) is 2. The molecule has 0 bridgehead atoms. The molecule has 1 N–H and O–H groups in total. The smallest absolute Gasteiger partial charge is 0.0598 e. The molecule has 21 heavy (non-hydrogen) atoms. The van der Waals surface area contributed by atoms with Crippen molar-refractivity contribution in [2.24, 2.45) is 0 Å². The van der Waals surface area contributed by atoms with Gasteiger partial charge < -0.3 is 5.32 Å². The van der Waals surface area contributed by atoms with Crippen molar-refractivity contribution in [3.8, 4) is 0 Å². The third-order valence-electron chi connectivity index (χ3n) is 3.49. The van der Waals surface area contributed by atoms with Gasteiger partial charge in [-0.3, -0.25) is 9.97 Å². The Morgan fingerprint density at radius 2 is 2.05 bits per heavy atom. The summed E-state index contributed by atoms with van der Waals surface area (Å²) in [6.45, 7) is 3.00. The average molecular weight is 342 g/mol. The first-order valence-corrected chi connectivity index (χ1v) is 7.75. The molecule has 0 saturated heterocycles. The summed E-state index contributed by atoms with van der Waals surface area (Å²) in [4.78, 5) is 8.50. The van der Waals surface area contributed by atoms with E-state index < -0.39 is 0 Å². The van der Waals surface area contributed by atoms with E-state index in [1.807, 2.05) is 18.6 Å². The summed E-state index contributed by atoms with van der Waals surface area (Å²) < 4.78 is 0.991. The molecule has 1 aromatic carbocycles. The number of halogens is 1. The van der Waals surface area contributed by atoms with Crippen LogP contribution in [-0.2, 0) is 0 Å². The lowest BCUT2D eigenvalue weighted by Gasteiger charge is -2.20. The number of rotatable bonds is 4. The van der Waals surface area contributed by atoms with Gasteiger partial charge in [0.15, 0.2) is 0 Å². The predicted molar refractivity (Wildman–Crippen MR) is 89.2 cm³/mol. The first kappa shape index (κ1) is 14.2. The van der Waals surface area contributed by atoms with Gasteiger partial charge >= 0.3 is 0 Å². The molecule has 0 amide bonds. The van der Waals surface area contributed by atoms with Gasteiger partial charge in [-0.05, 0) is 51.1 Å². The second-order valence-corrected chi connectivity index (χ2v) is 5.79. The lowest BCUT2D eigenvalue weighted by molar-refractivity contribution is 0.632. The molecule has 0 aliphatic carbocycles. The summed E-state index contributed by atoms with van der Waals surface area (Å²) >= 11 is 3.50. The summed E-state index contributed by atoms with van der Waals surface area (Å²) in [6, 6.07) is 10.6. The van der Waals surface area contributed by atoms with E-state index in [0.29, 0.717) is 0 Å². The Morgan fingerprint density at radius 3 is 2.86 bits per heavy atom. The van der Waals surface area contributed by atoms with Crippen molar-refractivity contribution >= 4 is 26.7 Å². The maximum absolute atomic E-state index is 4.29. The fraction of sp³-hybridized carbons (Fsp3) is 0.176. The Bertz CT molecular complexity index is 752. The van der Waals surface area contributed by atoms with Gasteiger partial charge in [-0.1, -0.05) is 25.1 Å². The van der Waals surface area contributed by atoms with Crippen LogP contribution in [0.2, 0.25) is 0 Å². The number of hydrogen-bond acceptors (Lipinski definition) is 3. The van der Waals surface area contributed by atoms with E-state index in [-0.39, 0.29) is 6.04 Å². The van der Waals surface area contributed by atoms with Gasteiger partial charge in [0.2, 0.25) is 0 Å². The van der Waals surface area contributed by atoms with E-state index in [1.54, 1.807) is 6.20 Å². The molecule has 0 saturated carbocycles. The number of pyridine rings is 2. The number of fused-ring (bicyclic) bond motifs is 1. The SMILES string of the molecule is CCNC(c1cncc(Br)c1)c1cccc2cnccc12. The molecule has 106 valence electrons. The Balaban J connectivity index is 2.16. The van der Waals surface area contributed by atoms with Gasteiger partial charge in [-0.25, -0.2) is 0 Å². The Morgan fingerprint density at radius 1 is 1.14 bits per heavy atom. The minimum absolute atomic E-state index is 0.117. The quantitative estimate of drug-likeness (QED) is 0.776. The minimum atomic E-state index is 0.117. The molecule has 3 rings (SSSR count). The summed E-state index contributed by atoms with van der Waals surface area (Å²) in [5.74, 6) is 0. The van der Waals surface area contributed by atoms with Crippen LogP contribution in [0.5, 0.6) is 0 Å². The molecule has 0 aliphatic rings. The zero-order valence-corrected chi connectivity index (χ0v) is 13.3. The zero-order chi connectivity index (χ0) is 14.7. The number of nitrogens with one attached hydrogen (secondary N) is 1. The van der Waals surface area contributed by atoms with E-state index in [1.165, 1.54) is 10.9 Å². The Kier molecular flexibility index (Phi) is 4.27. The van der Waals surface area contributed by atoms with Gasteiger partial charge in [0.05, 0.1) is 6.04 Å². The lowest BCUT2D eigenvalue weighted by Crippen LogP contribution is -2.22. The normalized spacial score (nSPS) is 12.5. The molecule has 0 spiro atoms. The van der Waals surface area contributed by atoms with Crippen molar-refractivity contribution < 1.29 is 0 Å². The lowest BCUT2D eigenvalue weighted by atomic mass is 9.95. The van der Waals surface area contributed by atoms with Gasteiger partial charge in [0, 0.05) is 34.6 Å². The van der Waals surface area contributed by atoms with Crippen LogP contribution in [0.4, 0.5) is 0 Å². The standard InChI is InChI=1S/C17H16BrN3/c1-2-21-17(13-8-14(18)11-20-10-13)16-5-3-4-12-9-19-7-6-15(12)16/h3-11,17,21H,2H2,1H3. The van der Waals surface area contributed by atoms with E-state index in [9.17, 15) is 0 Å². The van der Waals surface area contributed by atoms with E-state index in [0.717, 1.165) is 22.0 Å². The highest BCUT2D eigenvalue weighted by Crippen LogP contribution is 2.29. The van der Waals surface area contributed by atoms with E-state index >= 15 is 0 Å². The monoisotopic (exact) mass is 341 g/mol. The van der Waals surface area contributed by atoms with Crippen molar-refractivity contribution in [3.63, 3.8) is 0 Å². The fourth-order valence-electron chi connectivity index (χ4n) is 2.60. The first-order valence-electron chi connectivity index (χ1n) is 6.96. The highest BCUT2D eigenvalue weighted by Gasteiger charge is 2.16. The second-order valence-electron chi connectivity index (χ2n) is 4.87. The Labute approximate surface area is 132 Å². The molecule has 2 aromatic heterocycles. The zero-order valence-electron chi connectivity index (χ0n) is 11.8. The average Bonchev–Trinajstić information content (AvgIpc) is 2.52. The third-order valence-corrected chi connectivity index (χ3v) is 3.93. The first-order chi connectivity index (χ1) is 10.3. The summed E-state index contributed by atoms with van der Waals surface area (Å²) in [5, 5.41) is 5.93. The molecule has 4 heteroatoms. The van der Waals surface area contributed by atoms with Crippen molar-refractivity contribution in [2.75, 3.05) is 6.54 Å². The van der Waals surface area contributed by atoms with Crippen LogP contribution in [0.25, 0.3) is 10.8 Å². The number of benzene rings is 1. The maximum atomic E-state index is 4.29. The molecule has 0 aliphatic heterocycles. The van der Waals surface area contributed by atoms with Crippen molar-refractivity contribution in [3.05, 3.63) is 70.7 Å². The van der Waals surface area contributed by atoms with Crippen LogP contribution in [0.15, 0.2) is 59.6 Å². The highest BCUT2D eigenvalue weighted by molar-refractivity contribution is 9.10. The van der Waals surface area contributed by atoms with Crippen LogP contribution >= 0.6 is 15.9 Å². The van der Waals surface area contributed by atoms with Crippen LogP contribution in [0.3, 0.4) is 0 Å². The number of aromatic nitrogens is 2. The summed E-state index contributed by atoms with van der Waals surface area (Å²) in [7, 11) is 0. The molecule has 0 radical (unpaired) electrons. The van der Waals surface area contributed by atoms with Crippen molar-refractivity contribution in [1.82, 2.24) is 15.3 Å². The number of hydrogen-bond donors (Lipinski definition) is 1. The molecule has 3 nitrogen and oxygen atoms in total. The highest BCUT2D eigenvalue weighted by atomic mass is 79.9. The van der Waals surface area contributed by atoms with Gasteiger partial charge in [0.25, 0.3) is 0 Å². The van der Waals surface area contributed by atoms with Crippen LogP contribution in [-0.4, -0.2) is 16.5 Å². The van der Waals surface area contributed by atoms with Crippen LogP contribution in [0, 0.1) is 0 Å². The van der Waals surface area contributed by atoms with Crippen LogP contribution in [0.1, 0.15) is 24.1 Å². The summed E-state index contributed by atoms with van der Waals surface area (Å²) in [5.41, 5.74) is 2.40. The molecular weight excluding hydrogens is 326 g/mol. The molecule has 0 fully saturated rings.